The second-order valence-electron chi connectivity index (χ2n) is 8.96. The van der Waals surface area contributed by atoms with E-state index in [9.17, 15) is 4.79 Å². The number of aromatic nitrogens is 2. The number of piperidine rings is 1. The van der Waals surface area contributed by atoms with Gasteiger partial charge in [-0.15, -0.1) is 0 Å². The minimum atomic E-state index is 0.0672. The van der Waals surface area contributed by atoms with Crippen LogP contribution < -0.4 is 5.32 Å². The largest absolute Gasteiger partial charge is 0.339 e. The van der Waals surface area contributed by atoms with E-state index in [1.54, 1.807) is 0 Å². The minimum Gasteiger partial charge on any atom is -0.339 e. The normalized spacial score (nSPS) is 23.0. The molecule has 0 saturated carbocycles. The molecule has 0 unspecified atom stereocenters. The molecule has 1 N–H and O–H groups in total. The number of likely N-dealkylation sites (tertiary alicyclic amines) is 2. The van der Waals surface area contributed by atoms with Crippen molar-refractivity contribution in [1.29, 1.82) is 0 Å². The molecule has 2 aliphatic heterocycles. The van der Waals surface area contributed by atoms with Crippen molar-refractivity contribution in [2.75, 3.05) is 26.2 Å². The molecule has 3 heterocycles. The third-order valence-corrected chi connectivity index (χ3v) is 5.57. The Kier molecular flexibility index (Phi) is 5.55. The molecule has 7 nitrogen and oxygen atoms in total. The van der Waals surface area contributed by atoms with Gasteiger partial charge in [0.15, 0.2) is 5.82 Å². The third kappa shape index (κ3) is 4.37. The molecule has 0 bridgehead atoms. The lowest BCUT2D eigenvalue weighted by Gasteiger charge is -2.33. The summed E-state index contributed by atoms with van der Waals surface area (Å²) in [6, 6.07) is 0.321. The summed E-state index contributed by atoms with van der Waals surface area (Å²) in [4.78, 5) is 21.5. The number of nitrogens with one attached hydrogen (secondary N) is 1. The highest BCUT2D eigenvalue weighted by Crippen LogP contribution is 2.28. The van der Waals surface area contributed by atoms with Gasteiger partial charge in [-0.05, 0) is 40.0 Å². The van der Waals surface area contributed by atoms with E-state index in [1.165, 1.54) is 0 Å². The van der Waals surface area contributed by atoms with Crippen molar-refractivity contribution in [3.63, 3.8) is 0 Å². The van der Waals surface area contributed by atoms with E-state index < -0.39 is 0 Å². The lowest BCUT2D eigenvalue weighted by Crippen LogP contribution is -2.49. The number of carbonyl (C=O) groups excluding carboxylic acids is 1. The Bertz CT molecular complexity index is 614. The first-order valence-corrected chi connectivity index (χ1v) is 9.88. The average Bonchev–Trinajstić information content (AvgIpc) is 3.24. The topological polar surface area (TPSA) is 74.5 Å². The van der Waals surface area contributed by atoms with Crippen molar-refractivity contribution in [2.24, 2.45) is 0 Å². The van der Waals surface area contributed by atoms with Gasteiger partial charge in [-0.1, -0.05) is 19.0 Å². The first-order chi connectivity index (χ1) is 12.2. The number of nitrogens with zero attached hydrogens (tertiary/aromatic N) is 4. The van der Waals surface area contributed by atoms with Gasteiger partial charge < -0.3 is 14.7 Å². The fraction of sp³-hybridized carbons (Fsp3) is 0.842. The number of hydrogen-bond donors (Lipinski definition) is 1. The van der Waals surface area contributed by atoms with Gasteiger partial charge in [0.1, 0.15) is 0 Å². The second kappa shape index (κ2) is 7.55. The SMILES string of the molecule is CC(C)c1noc(C2CCN(C(=O)N[C@H]3CCN(C(C)(C)C)C3)CC2)n1. The lowest BCUT2D eigenvalue weighted by molar-refractivity contribution is 0.161. The first-order valence-electron chi connectivity index (χ1n) is 9.88. The zero-order chi connectivity index (χ0) is 18.9. The van der Waals surface area contributed by atoms with Crippen LogP contribution in [0.25, 0.3) is 0 Å². The van der Waals surface area contributed by atoms with Gasteiger partial charge in [0.25, 0.3) is 0 Å². The monoisotopic (exact) mass is 363 g/mol. The van der Waals surface area contributed by atoms with Crippen LogP contribution in [0.4, 0.5) is 4.79 Å². The van der Waals surface area contributed by atoms with Crippen LogP contribution in [0.5, 0.6) is 0 Å². The van der Waals surface area contributed by atoms with Crippen molar-refractivity contribution in [1.82, 2.24) is 25.3 Å². The fourth-order valence-electron chi connectivity index (χ4n) is 3.73. The van der Waals surface area contributed by atoms with Crippen molar-refractivity contribution in [2.45, 2.75) is 77.3 Å². The second-order valence-corrected chi connectivity index (χ2v) is 8.96. The van der Waals surface area contributed by atoms with Gasteiger partial charge in [0.05, 0.1) is 0 Å². The molecule has 0 aromatic carbocycles. The Morgan fingerprint density at radius 1 is 1.19 bits per heavy atom. The van der Waals surface area contributed by atoms with Gasteiger partial charge >= 0.3 is 6.03 Å². The zero-order valence-corrected chi connectivity index (χ0v) is 16.8. The summed E-state index contributed by atoms with van der Waals surface area (Å²) in [6.45, 7) is 14.3. The third-order valence-electron chi connectivity index (χ3n) is 5.57. The Morgan fingerprint density at radius 3 is 2.42 bits per heavy atom. The van der Waals surface area contributed by atoms with Gasteiger partial charge in [0, 0.05) is 49.6 Å². The predicted molar refractivity (Wildman–Crippen MR) is 100 cm³/mol. The average molecular weight is 364 g/mol. The Morgan fingerprint density at radius 2 is 1.88 bits per heavy atom. The molecule has 0 aliphatic carbocycles. The van der Waals surface area contributed by atoms with Crippen molar-refractivity contribution in [3.8, 4) is 0 Å². The Labute approximate surface area is 156 Å². The van der Waals surface area contributed by atoms with Crippen LogP contribution in [-0.2, 0) is 0 Å². The molecule has 1 aromatic heterocycles. The molecule has 1 atom stereocenters. The molecule has 7 heteroatoms. The molecule has 26 heavy (non-hydrogen) atoms. The van der Waals surface area contributed by atoms with Gasteiger partial charge in [-0.3, -0.25) is 4.90 Å². The van der Waals surface area contributed by atoms with Gasteiger partial charge in [-0.2, -0.15) is 4.98 Å². The molecule has 2 amide bonds. The molecule has 2 saturated heterocycles. The maximum Gasteiger partial charge on any atom is 0.317 e. The van der Waals surface area contributed by atoms with E-state index in [-0.39, 0.29) is 29.4 Å². The van der Waals surface area contributed by atoms with Crippen LogP contribution in [-0.4, -0.2) is 63.7 Å². The molecule has 0 spiro atoms. The molecular formula is C19H33N5O2. The summed E-state index contributed by atoms with van der Waals surface area (Å²) in [5.74, 6) is 2.04. The van der Waals surface area contributed by atoms with Gasteiger partial charge in [-0.25, -0.2) is 4.79 Å². The molecule has 3 rings (SSSR count). The van der Waals surface area contributed by atoms with E-state index >= 15 is 0 Å². The zero-order valence-electron chi connectivity index (χ0n) is 16.8. The lowest BCUT2D eigenvalue weighted by atomic mass is 9.97. The highest BCUT2D eigenvalue weighted by molar-refractivity contribution is 5.74. The number of carbonyl (C=O) groups is 1. The van der Waals surface area contributed by atoms with E-state index in [4.69, 9.17) is 4.52 Å². The van der Waals surface area contributed by atoms with E-state index in [1.807, 2.05) is 4.90 Å². The molecule has 1 aromatic rings. The van der Waals surface area contributed by atoms with Gasteiger partial charge in [0.2, 0.25) is 5.89 Å². The predicted octanol–water partition coefficient (Wildman–Crippen LogP) is 2.95. The number of amides is 2. The van der Waals surface area contributed by atoms with Crippen LogP contribution in [0.2, 0.25) is 0 Å². The molecule has 146 valence electrons. The number of rotatable bonds is 3. The summed E-state index contributed by atoms with van der Waals surface area (Å²) in [5, 5.41) is 7.27. The number of urea groups is 1. The molecule has 2 aliphatic rings. The van der Waals surface area contributed by atoms with Crippen LogP contribution in [0, 0.1) is 0 Å². The van der Waals surface area contributed by atoms with Crippen LogP contribution in [0.1, 0.15) is 77.4 Å². The smallest absolute Gasteiger partial charge is 0.317 e. The van der Waals surface area contributed by atoms with Crippen molar-refractivity contribution < 1.29 is 9.32 Å². The minimum absolute atomic E-state index is 0.0672. The molecule has 2 fully saturated rings. The quantitative estimate of drug-likeness (QED) is 0.894. The standard InChI is InChI=1S/C19H33N5O2/c1-13(2)16-21-17(26-22-16)14-6-9-23(10-7-14)18(25)20-15-8-11-24(12-15)19(3,4)5/h13-15H,6-12H2,1-5H3,(H,20,25)/t15-/m0/s1. The summed E-state index contributed by atoms with van der Waals surface area (Å²) in [7, 11) is 0. The van der Waals surface area contributed by atoms with Crippen LogP contribution >= 0.6 is 0 Å². The maximum atomic E-state index is 12.6. The van der Waals surface area contributed by atoms with E-state index in [0.29, 0.717) is 0 Å². The van der Waals surface area contributed by atoms with Crippen molar-refractivity contribution >= 4 is 6.03 Å². The summed E-state index contributed by atoms with van der Waals surface area (Å²) in [5.41, 5.74) is 0.163. The molecule has 0 radical (unpaired) electrons. The Hall–Kier alpha value is -1.63. The number of hydrogen-bond acceptors (Lipinski definition) is 5. The van der Waals surface area contributed by atoms with Crippen LogP contribution in [0.15, 0.2) is 4.52 Å². The first kappa shape index (κ1) is 19.1. The fourth-order valence-corrected chi connectivity index (χ4v) is 3.73. The van der Waals surface area contributed by atoms with E-state index in [2.05, 4.69) is 55.0 Å². The summed E-state index contributed by atoms with van der Waals surface area (Å²) < 4.78 is 5.43. The highest BCUT2D eigenvalue weighted by atomic mass is 16.5. The van der Waals surface area contributed by atoms with Crippen molar-refractivity contribution in [3.05, 3.63) is 11.7 Å². The highest BCUT2D eigenvalue weighted by Gasteiger charge is 2.33. The summed E-state index contributed by atoms with van der Waals surface area (Å²) >= 11 is 0. The van der Waals surface area contributed by atoms with Crippen LogP contribution in [0.3, 0.4) is 0 Å². The maximum absolute atomic E-state index is 12.6. The van der Waals surface area contributed by atoms with E-state index in [0.717, 1.165) is 57.2 Å². The molecular weight excluding hydrogens is 330 g/mol. The summed E-state index contributed by atoms with van der Waals surface area (Å²) in [6.07, 6.45) is 2.79. The Balaban J connectivity index is 1.46.